The van der Waals surface area contributed by atoms with Crippen molar-refractivity contribution in [2.75, 3.05) is 19.6 Å². The van der Waals surface area contributed by atoms with Gasteiger partial charge in [-0.05, 0) is 51.3 Å². The van der Waals surface area contributed by atoms with Gasteiger partial charge in [0, 0.05) is 13.1 Å². The Morgan fingerprint density at radius 1 is 1.27 bits per heavy atom. The summed E-state index contributed by atoms with van der Waals surface area (Å²) in [5.41, 5.74) is 3.01. The van der Waals surface area contributed by atoms with Gasteiger partial charge in [-0.1, -0.05) is 35.0 Å². The fourth-order valence-corrected chi connectivity index (χ4v) is 4.01. The molecule has 0 aliphatic carbocycles. The maximum Gasteiger partial charge on any atom is 0.267 e. The molecular formula is C22H27N5O3. The summed E-state index contributed by atoms with van der Waals surface area (Å²) in [5.74, 6) is 0.273. The maximum atomic E-state index is 12.5. The molecule has 158 valence electrons. The predicted octanol–water partition coefficient (Wildman–Crippen LogP) is 2.03. The zero-order valence-electron chi connectivity index (χ0n) is 17.4. The number of rotatable bonds is 6. The van der Waals surface area contributed by atoms with Crippen molar-refractivity contribution in [2.45, 2.75) is 39.8 Å². The maximum absolute atomic E-state index is 12.5. The number of amides is 1. The minimum atomic E-state index is -0.307. The summed E-state index contributed by atoms with van der Waals surface area (Å²) in [5, 5.41) is 7.05. The van der Waals surface area contributed by atoms with Gasteiger partial charge in [-0.15, -0.1) is 0 Å². The summed E-state index contributed by atoms with van der Waals surface area (Å²) in [7, 11) is 0. The summed E-state index contributed by atoms with van der Waals surface area (Å²) in [6.45, 7) is 7.41. The lowest BCUT2D eigenvalue weighted by molar-refractivity contribution is -0.122. The average molecular weight is 409 g/mol. The van der Waals surface area contributed by atoms with Crippen molar-refractivity contribution in [3.05, 3.63) is 57.8 Å². The molecule has 1 aliphatic heterocycles. The fourth-order valence-electron chi connectivity index (χ4n) is 4.01. The van der Waals surface area contributed by atoms with Crippen LogP contribution >= 0.6 is 0 Å². The highest BCUT2D eigenvalue weighted by molar-refractivity contribution is 5.77. The topological polar surface area (TPSA) is 93.3 Å². The van der Waals surface area contributed by atoms with Gasteiger partial charge >= 0.3 is 0 Å². The van der Waals surface area contributed by atoms with Crippen LogP contribution < -0.4 is 10.9 Å². The lowest BCUT2D eigenvalue weighted by Gasteiger charge is -2.32. The third-order valence-electron chi connectivity index (χ3n) is 5.73. The van der Waals surface area contributed by atoms with Gasteiger partial charge in [0.25, 0.3) is 11.3 Å². The van der Waals surface area contributed by atoms with Crippen LogP contribution in [0.4, 0.5) is 0 Å². The number of fused-ring (bicyclic) bond motifs is 1. The van der Waals surface area contributed by atoms with Crippen molar-refractivity contribution in [2.24, 2.45) is 5.92 Å². The van der Waals surface area contributed by atoms with E-state index in [1.165, 1.54) is 22.0 Å². The third-order valence-corrected chi connectivity index (χ3v) is 5.73. The van der Waals surface area contributed by atoms with Crippen LogP contribution in [0.1, 0.15) is 29.7 Å². The molecule has 8 heteroatoms. The Morgan fingerprint density at radius 3 is 2.83 bits per heavy atom. The van der Waals surface area contributed by atoms with E-state index >= 15 is 0 Å². The second-order valence-electron chi connectivity index (χ2n) is 8.14. The van der Waals surface area contributed by atoms with Gasteiger partial charge in [-0.3, -0.25) is 19.1 Å². The van der Waals surface area contributed by atoms with Crippen LogP contribution in [-0.2, 0) is 17.9 Å². The Morgan fingerprint density at radius 2 is 2.07 bits per heavy atom. The third kappa shape index (κ3) is 4.59. The molecule has 1 aliphatic rings. The standard InChI is InChI=1S/C22H27N5O3/c1-15-4-3-5-18(10-15)12-26-8-6-17(7-9-26)11-23-19(28)13-27-14-24-21-20(22(27)29)16(2)25-30-21/h3-5,10,14,17H,6-9,11-13H2,1-2H3,(H,23,28). The number of aryl methyl sites for hydroxylation is 2. The van der Waals surface area contributed by atoms with Crippen LogP contribution in [-0.4, -0.2) is 45.1 Å². The summed E-state index contributed by atoms with van der Waals surface area (Å²) in [6, 6.07) is 8.64. The van der Waals surface area contributed by atoms with Crippen LogP contribution in [0.2, 0.25) is 0 Å². The highest BCUT2D eigenvalue weighted by Gasteiger charge is 2.20. The largest absolute Gasteiger partial charge is 0.354 e. The van der Waals surface area contributed by atoms with Gasteiger partial charge in [-0.2, -0.15) is 0 Å². The minimum Gasteiger partial charge on any atom is -0.354 e. The Labute approximate surface area is 174 Å². The van der Waals surface area contributed by atoms with Crippen molar-refractivity contribution in [1.29, 1.82) is 0 Å². The molecule has 1 aromatic carbocycles. The molecule has 2 aromatic heterocycles. The molecule has 0 bridgehead atoms. The highest BCUT2D eigenvalue weighted by atomic mass is 16.5. The average Bonchev–Trinajstić information content (AvgIpc) is 3.11. The molecule has 1 amide bonds. The molecule has 4 rings (SSSR count). The van der Waals surface area contributed by atoms with Crippen molar-refractivity contribution in [3.63, 3.8) is 0 Å². The van der Waals surface area contributed by atoms with Gasteiger partial charge in [0.2, 0.25) is 5.91 Å². The molecular weight excluding hydrogens is 382 g/mol. The first-order chi connectivity index (χ1) is 14.5. The first-order valence-corrected chi connectivity index (χ1v) is 10.4. The SMILES string of the molecule is Cc1cccc(CN2CCC(CNC(=O)Cn3cnc4onc(C)c4c3=O)CC2)c1. The number of hydrogen-bond donors (Lipinski definition) is 1. The lowest BCUT2D eigenvalue weighted by atomic mass is 9.96. The number of piperidine rings is 1. The van der Waals surface area contributed by atoms with Crippen molar-refractivity contribution < 1.29 is 9.32 Å². The van der Waals surface area contributed by atoms with E-state index in [2.05, 4.69) is 51.5 Å². The van der Waals surface area contributed by atoms with Crippen LogP contribution in [0.25, 0.3) is 11.1 Å². The number of likely N-dealkylation sites (tertiary alicyclic amines) is 1. The Balaban J connectivity index is 1.25. The lowest BCUT2D eigenvalue weighted by Crippen LogP contribution is -2.40. The summed E-state index contributed by atoms with van der Waals surface area (Å²) < 4.78 is 6.29. The number of nitrogens with one attached hydrogen (secondary N) is 1. The molecule has 0 spiro atoms. The second kappa shape index (κ2) is 8.79. The van der Waals surface area contributed by atoms with Gasteiger partial charge in [0.05, 0.1) is 5.69 Å². The van der Waals surface area contributed by atoms with Crippen molar-refractivity contribution in [1.82, 2.24) is 24.9 Å². The molecule has 1 N–H and O–H groups in total. The molecule has 0 radical (unpaired) electrons. The smallest absolute Gasteiger partial charge is 0.267 e. The van der Waals surface area contributed by atoms with Gasteiger partial charge < -0.3 is 9.84 Å². The minimum absolute atomic E-state index is 0.0569. The zero-order valence-corrected chi connectivity index (χ0v) is 17.4. The number of hydrogen-bond acceptors (Lipinski definition) is 6. The second-order valence-corrected chi connectivity index (χ2v) is 8.14. The molecule has 1 saturated heterocycles. The predicted molar refractivity (Wildman–Crippen MR) is 113 cm³/mol. The number of aromatic nitrogens is 3. The highest BCUT2D eigenvalue weighted by Crippen LogP contribution is 2.19. The van der Waals surface area contributed by atoms with E-state index in [1.54, 1.807) is 6.92 Å². The Bertz CT molecular complexity index is 1100. The molecule has 0 atom stereocenters. The fraction of sp³-hybridized carbons (Fsp3) is 0.455. The molecule has 30 heavy (non-hydrogen) atoms. The van der Waals surface area contributed by atoms with E-state index in [-0.39, 0.29) is 23.7 Å². The first kappa shape index (κ1) is 20.3. The molecule has 0 unspecified atom stereocenters. The summed E-state index contributed by atoms with van der Waals surface area (Å²) in [4.78, 5) is 31.4. The molecule has 8 nitrogen and oxygen atoms in total. The van der Waals surface area contributed by atoms with Crippen LogP contribution in [0, 0.1) is 19.8 Å². The Hall–Kier alpha value is -3.00. The van der Waals surface area contributed by atoms with Gasteiger partial charge in [-0.25, -0.2) is 4.98 Å². The van der Waals surface area contributed by atoms with Crippen LogP contribution in [0.3, 0.4) is 0 Å². The molecule has 1 fully saturated rings. The number of benzene rings is 1. The van der Waals surface area contributed by atoms with E-state index in [0.717, 1.165) is 32.5 Å². The zero-order chi connectivity index (χ0) is 21.1. The van der Waals surface area contributed by atoms with Crippen LogP contribution in [0.5, 0.6) is 0 Å². The summed E-state index contributed by atoms with van der Waals surface area (Å²) in [6.07, 6.45) is 3.44. The molecule has 3 heterocycles. The first-order valence-electron chi connectivity index (χ1n) is 10.4. The monoisotopic (exact) mass is 409 g/mol. The van der Waals surface area contributed by atoms with Crippen molar-refractivity contribution >= 4 is 17.0 Å². The number of carbonyl (C=O) groups is 1. The normalized spacial score (nSPS) is 15.5. The quantitative estimate of drug-likeness (QED) is 0.670. The molecule has 3 aromatic rings. The van der Waals surface area contributed by atoms with Gasteiger partial charge in [0.15, 0.2) is 0 Å². The summed E-state index contributed by atoms with van der Waals surface area (Å²) >= 11 is 0. The molecule has 0 saturated carbocycles. The van der Waals surface area contributed by atoms with E-state index in [1.807, 2.05) is 0 Å². The van der Waals surface area contributed by atoms with E-state index in [9.17, 15) is 9.59 Å². The number of nitrogens with zero attached hydrogens (tertiary/aromatic N) is 4. The van der Waals surface area contributed by atoms with E-state index < -0.39 is 0 Å². The Kier molecular flexibility index (Phi) is 5.94. The van der Waals surface area contributed by atoms with E-state index in [0.29, 0.717) is 23.5 Å². The van der Waals surface area contributed by atoms with Gasteiger partial charge in [0.1, 0.15) is 18.3 Å². The van der Waals surface area contributed by atoms with Crippen molar-refractivity contribution in [3.8, 4) is 0 Å². The van der Waals surface area contributed by atoms with E-state index in [4.69, 9.17) is 4.52 Å². The number of carbonyl (C=O) groups excluding carboxylic acids is 1. The van der Waals surface area contributed by atoms with Crippen LogP contribution in [0.15, 0.2) is 39.9 Å².